The van der Waals surface area contributed by atoms with Crippen LogP contribution in [0.25, 0.3) is 0 Å². The molecule has 0 N–H and O–H groups in total. The van der Waals surface area contributed by atoms with E-state index in [1.54, 1.807) is 0 Å². The number of benzene rings is 3. The molecule has 0 atom stereocenters. The first-order valence-electron chi connectivity index (χ1n) is 8.54. The lowest BCUT2D eigenvalue weighted by Gasteiger charge is -2.27. The van der Waals surface area contributed by atoms with Crippen LogP contribution >= 0.6 is 7.26 Å². The molecule has 0 spiro atoms. The van der Waals surface area contributed by atoms with Gasteiger partial charge in [-0.2, -0.15) is 0 Å². The molecule has 0 bridgehead atoms. The van der Waals surface area contributed by atoms with Gasteiger partial charge < -0.3 is 17.0 Å². The normalized spacial score (nSPS) is 11.2. The van der Waals surface area contributed by atoms with Gasteiger partial charge in [-0.25, -0.2) is 0 Å². The Morgan fingerprint density at radius 1 is 0.640 bits per heavy atom. The third-order valence-corrected chi connectivity index (χ3v) is 8.93. The van der Waals surface area contributed by atoms with Crippen molar-refractivity contribution in [2.45, 2.75) is 13.3 Å². The lowest BCUT2D eigenvalue weighted by Crippen LogP contribution is -3.00. The molecule has 0 heterocycles. The van der Waals surface area contributed by atoms with Gasteiger partial charge in [0.05, 0.1) is 6.16 Å². The molecule has 0 aliphatic carbocycles. The molecule has 0 amide bonds. The van der Waals surface area contributed by atoms with Crippen LogP contribution in [0.1, 0.15) is 13.3 Å². The minimum Gasteiger partial charge on any atom is -1.00 e. The Labute approximate surface area is 162 Å². The van der Waals surface area contributed by atoms with Crippen molar-refractivity contribution in [3.05, 3.63) is 103 Å². The SMILES string of the molecule is C/C=C/CC[P+](c1ccccc1)(c1ccccc1)c1ccccc1.[Br-]. The van der Waals surface area contributed by atoms with Crippen molar-refractivity contribution in [2.75, 3.05) is 6.16 Å². The summed E-state index contributed by atoms with van der Waals surface area (Å²) in [6, 6.07) is 33.2. The van der Waals surface area contributed by atoms with Crippen LogP contribution in [-0.4, -0.2) is 6.16 Å². The molecule has 0 saturated carbocycles. The van der Waals surface area contributed by atoms with Crippen LogP contribution in [0.4, 0.5) is 0 Å². The minimum atomic E-state index is -1.63. The van der Waals surface area contributed by atoms with Crippen molar-refractivity contribution in [1.82, 2.24) is 0 Å². The number of hydrogen-bond acceptors (Lipinski definition) is 0. The molecule has 128 valence electrons. The summed E-state index contributed by atoms with van der Waals surface area (Å²) in [6.45, 7) is 2.10. The zero-order valence-electron chi connectivity index (χ0n) is 14.6. The summed E-state index contributed by atoms with van der Waals surface area (Å²) in [5.41, 5.74) is 0. The highest BCUT2D eigenvalue weighted by molar-refractivity contribution is 7.95. The monoisotopic (exact) mass is 410 g/mol. The fourth-order valence-electron chi connectivity index (χ4n) is 3.32. The van der Waals surface area contributed by atoms with E-state index in [0.29, 0.717) is 0 Å². The molecular weight excluding hydrogens is 387 g/mol. The van der Waals surface area contributed by atoms with Crippen molar-refractivity contribution in [2.24, 2.45) is 0 Å². The largest absolute Gasteiger partial charge is 1.00 e. The molecule has 3 aromatic carbocycles. The topological polar surface area (TPSA) is 0 Å². The van der Waals surface area contributed by atoms with E-state index >= 15 is 0 Å². The van der Waals surface area contributed by atoms with Gasteiger partial charge in [0.25, 0.3) is 0 Å². The smallest absolute Gasteiger partial charge is 0.112 e. The molecular formula is C23H24BrP. The quantitative estimate of drug-likeness (QED) is 0.430. The fraction of sp³-hybridized carbons (Fsp3) is 0.130. The highest BCUT2D eigenvalue weighted by atomic mass is 79.9. The Balaban J connectivity index is 0.00000225. The van der Waals surface area contributed by atoms with Crippen molar-refractivity contribution in [3.63, 3.8) is 0 Å². The standard InChI is InChI=1S/C23H24P.BrH/c1-2-3-13-20-24(21-14-7-4-8-15-21,22-16-9-5-10-17-22)23-18-11-6-12-19-23;/h2-12,14-19H,13,20H2,1H3;1H/q+1;/p-1/b3-2+;. The Bertz CT molecular complexity index is 670. The number of rotatable bonds is 6. The predicted molar refractivity (Wildman–Crippen MR) is 109 cm³/mol. The highest BCUT2D eigenvalue weighted by Gasteiger charge is 2.44. The second kappa shape index (κ2) is 9.70. The van der Waals surface area contributed by atoms with Gasteiger partial charge in [-0.3, -0.25) is 0 Å². The predicted octanol–water partition coefficient (Wildman–Crippen LogP) is 1.95. The van der Waals surface area contributed by atoms with Crippen molar-refractivity contribution in [1.29, 1.82) is 0 Å². The lowest BCUT2D eigenvalue weighted by atomic mass is 10.3. The van der Waals surface area contributed by atoms with Crippen LogP contribution in [0.5, 0.6) is 0 Å². The second-order valence-electron chi connectivity index (χ2n) is 5.90. The van der Waals surface area contributed by atoms with Gasteiger partial charge in [-0.1, -0.05) is 66.7 Å². The van der Waals surface area contributed by atoms with E-state index in [1.807, 2.05) is 0 Å². The van der Waals surface area contributed by atoms with E-state index in [4.69, 9.17) is 0 Å². The molecule has 3 aromatic rings. The van der Waals surface area contributed by atoms with Crippen molar-refractivity contribution >= 4 is 23.2 Å². The Morgan fingerprint density at radius 3 is 1.32 bits per heavy atom. The highest BCUT2D eigenvalue weighted by Crippen LogP contribution is 2.55. The van der Waals surface area contributed by atoms with Crippen LogP contribution in [0.15, 0.2) is 103 Å². The summed E-state index contributed by atoms with van der Waals surface area (Å²) in [5.74, 6) is 0. The number of halogens is 1. The first-order valence-corrected chi connectivity index (χ1v) is 10.5. The molecule has 3 rings (SSSR count). The van der Waals surface area contributed by atoms with Gasteiger partial charge in [0.1, 0.15) is 23.2 Å². The fourth-order valence-corrected chi connectivity index (χ4v) is 7.57. The summed E-state index contributed by atoms with van der Waals surface area (Å²) >= 11 is 0. The van der Waals surface area contributed by atoms with Crippen molar-refractivity contribution in [3.8, 4) is 0 Å². The van der Waals surface area contributed by atoms with E-state index in [2.05, 4.69) is 110 Å². The molecule has 25 heavy (non-hydrogen) atoms. The summed E-state index contributed by atoms with van der Waals surface area (Å²) in [7, 11) is -1.63. The Morgan fingerprint density at radius 2 is 1.00 bits per heavy atom. The van der Waals surface area contributed by atoms with E-state index in [1.165, 1.54) is 15.9 Å². The molecule has 0 aliphatic rings. The molecule has 0 radical (unpaired) electrons. The molecule has 0 aromatic heterocycles. The molecule has 2 heteroatoms. The Hall–Kier alpha value is -1.69. The molecule has 0 fully saturated rings. The summed E-state index contributed by atoms with van der Waals surface area (Å²) in [6.07, 6.45) is 6.72. The molecule has 0 saturated heterocycles. The first kappa shape index (κ1) is 19.6. The lowest BCUT2D eigenvalue weighted by molar-refractivity contribution is -0.00000471. The van der Waals surface area contributed by atoms with Crippen LogP contribution in [-0.2, 0) is 0 Å². The minimum absolute atomic E-state index is 0. The number of hydrogen-bond donors (Lipinski definition) is 0. The van der Waals surface area contributed by atoms with Gasteiger partial charge in [0.15, 0.2) is 0 Å². The first-order chi connectivity index (χ1) is 11.9. The maximum Gasteiger partial charge on any atom is 0.112 e. The molecule has 0 aliphatic heterocycles. The summed E-state index contributed by atoms with van der Waals surface area (Å²) in [5, 5.41) is 4.39. The average Bonchev–Trinajstić information content (AvgIpc) is 2.68. The molecule has 0 nitrogen and oxygen atoms in total. The maximum atomic E-state index is 2.31. The Kier molecular flexibility index (Phi) is 7.62. The summed E-state index contributed by atoms with van der Waals surface area (Å²) < 4.78 is 0. The van der Waals surface area contributed by atoms with Crippen LogP contribution in [0.3, 0.4) is 0 Å². The maximum absolute atomic E-state index is 2.31. The van der Waals surface area contributed by atoms with E-state index in [-0.39, 0.29) is 17.0 Å². The number of allylic oxidation sites excluding steroid dienone is 2. The second-order valence-corrected chi connectivity index (χ2v) is 9.51. The van der Waals surface area contributed by atoms with Gasteiger partial charge in [-0.05, 0) is 43.3 Å². The summed E-state index contributed by atoms with van der Waals surface area (Å²) in [4.78, 5) is 0. The zero-order chi connectivity index (χ0) is 16.7. The van der Waals surface area contributed by atoms with Crippen LogP contribution < -0.4 is 32.9 Å². The van der Waals surface area contributed by atoms with Crippen LogP contribution in [0, 0.1) is 0 Å². The third kappa shape index (κ3) is 4.29. The van der Waals surface area contributed by atoms with E-state index in [0.717, 1.165) is 12.6 Å². The zero-order valence-corrected chi connectivity index (χ0v) is 17.0. The average molecular weight is 411 g/mol. The van der Waals surface area contributed by atoms with Gasteiger partial charge in [-0.15, -0.1) is 0 Å². The van der Waals surface area contributed by atoms with Gasteiger partial charge in [0, 0.05) is 6.42 Å². The van der Waals surface area contributed by atoms with Gasteiger partial charge in [0.2, 0.25) is 0 Å². The van der Waals surface area contributed by atoms with Gasteiger partial charge >= 0.3 is 0 Å². The van der Waals surface area contributed by atoms with Crippen LogP contribution in [0.2, 0.25) is 0 Å². The molecule has 0 unspecified atom stereocenters. The van der Waals surface area contributed by atoms with E-state index < -0.39 is 7.26 Å². The van der Waals surface area contributed by atoms with E-state index in [9.17, 15) is 0 Å². The van der Waals surface area contributed by atoms with Crippen molar-refractivity contribution < 1.29 is 17.0 Å². The third-order valence-electron chi connectivity index (χ3n) is 4.46.